The molecule has 1 aromatic carbocycles. The normalized spacial score (nSPS) is 10.2. The highest BCUT2D eigenvalue weighted by Gasteiger charge is 2.09. The van der Waals surface area contributed by atoms with E-state index in [0.717, 1.165) is 14.5 Å². The maximum absolute atomic E-state index is 11.0. The van der Waals surface area contributed by atoms with Gasteiger partial charge in [-0.1, -0.05) is 12.1 Å². The molecular formula is C11H10IN3O2. The fourth-order valence-corrected chi connectivity index (χ4v) is 2.00. The summed E-state index contributed by atoms with van der Waals surface area (Å²) in [6.45, 7) is -0.123. The molecule has 0 fully saturated rings. The van der Waals surface area contributed by atoms with Crippen molar-refractivity contribution in [3.63, 3.8) is 0 Å². The van der Waals surface area contributed by atoms with Crippen molar-refractivity contribution in [3.05, 3.63) is 34.0 Å². The van der Waals surface area contributed by atoms with Crippen molar-refractivity contribution >= 4 is 39.4 Å². The van der Waals surface area contributed by atoms with E-state index in [0.29, 0.717) is 5.75 Å². The first-order valence-electron chi connectivity index (χ1n) is 4.88. The number of carbonyl (C=O) groups excluding carboxylic acids is 1. The molecule has 0 atom stereocenters. The first-order chi connectivity index (χ1) is 8.22. The second-order valence-corrected chi connectivity index (χ2v) is 4.47. The zero-order chi connectivity index (χ0) is 12.3. The minimum Gasteiger partial charge on any atom is -0.480 e. The van der Waals surface area contributed by atoms with Crippen LogP contribution in [0.2, 0.25) is 0 Å². The Morgan fingerprint density at radius 2 is 2.29 bits per heavy atom. The van der Waals surface area contributed by atoms with E-state index in [9.17, 15) is 4.79 Å². The maximum atomic E-state index is 11.0. The van der Waals surface area contributed by atoms with E-state index >= 15 is 0 Å². The van der Waals surface area contributed by atoms with Crippen LogP contribution >= 0.6 is 22.6 Å². The monoisotopic (exact) mass is 343 g/mol. The molecule has 0 unspecified atom stereocenters. The third-order valence-corrected chi connectivity index (χ3v) is 3.04. The molecule has 2 rings (SSSR count). The van der Waals surface area contributed by atoms with Crippen LogP contribution in [0.5, 0.6) is 5.75 Å². The number of nitrogens with one attached hydrogen (secondary N) is 1. The predicted molar refractivity (Wildman–Crippen MR) is 72.3 cm³/mol. The third kappa shape index (κ3) is 2.64. The smallest absolute Gasteiger partial charge is 0.271 e. The lowest BCUT2D eigenvalue weighted by molar-refractivity contribution is -0.123. The Hall–Kier alpha value is -1.41. The average molecular weight is 343 g/mol. The quantitative estimate of drug-likeness (QED) is 0.380. The van der Waals surface area contributed by atoms with Crippen LogP contribution < -0.4 is 16.0 Å². The number of benzene rings is 1. The fraction of sp³-hybridized carbons (Fsp3) is 0.0909. The van der Waals surface area contributed by atoms with Gasteiger partial charge in [0.2, 0.25) is 0 Å². The minimum absolute atomic E-state index is 0.123. The Morgan fingerprint density at radius 3 is 3.06 bits per heavy atom. The van der Waals surface area contributed by atoms with Crippen molar-refractivity contribution in [3.8, 4) is 5.75 Å². The van der Waals surface area contributed by atoms with Crippen LogP contribution in [0.15, 0.2) is 30.5 Å². The van der Waals surface area contributed by atoms with Gasteiger partial charge in [0.1, 0.15) is 5.52 Å². The molecule has 6 heteroatoms. The van der Waals surface area contributed by atoms with Crippen LogP contribution in [0.25, 0.3) is 10.9 Å². The molecule has 0 aliphatic rings. The van der Waals surface area contributed by atoms with Crippen LogP contribution in [0.1, 0.15) is 0 Å². The molecule has 5 nitrogen and oxygen atoms in total. The van der Waals surface area contributed by atoms with Crippen molar-refractivity contribution < 1.29 is 9.53 Å². The van der Waals surface area contributed by atoms with Gasteiger partial charge in [-0.3, -0.25) is 15.2 Å². The number of amides is 1. The SMILES string of the molecule is NNC(=O)COc1c(I)ccc2cccnc12. The molecule has 0 aliphatic heterocycles. The number of hydrazine groups is 1. The third-order valence-electron chi connectivity index (χ3n) is 2.19. The lowest BCUT2D eigenvalue weighted by Crippen LogP contribution is -2.34. The van der Waals surface area contributed by atoms with E-state index in [1.165, 1.54) is 0 Å². The molecule has 1 aromatic heterocycles. The number of aromatic nitrogens is 1. The number of hydrogen-bond acceptors (Lipinski definition) is 4. The summed E-state index contributed by atoms with van der Waals surface area (Å²) in [5, 5.41) is 0.969. The van der Waals surface area contributed by atoms with Gasteiger partial charge in [0.25, 0.3) is 5.91 Å². The Kier molecular flexibility index (Phi) is 3.75. The summed E-state index contributed by atoms with van der Waals surface area (Å²) in [5.74, 6) is 5.21. The fourth-order valence-electron chi connectivity index (χ4n) is 1.41. The topological polar surface area (TPSA) is 77.2 Å². The van der Waals surface area contributed by atoms with Crippen LogP contribution in [-0.4, -0.2) is 17.5 Å². The van der Waals surface area contributed by atoms with E-state index in [-0.39, 0.29) is 12.5 Å². The maximum Gasteiger partial charge on any atom is 0.271 e. The van der Waals surface area contributed by atoms with Crippen molar-refractivity contribution in [2.45, 2.75) is 0 Å². The number of nitrogens with two attached hydrogens (primary N) is 1. The lowest BCUT2D eigenvalue weighted by Gasteiger charge is -2.09. The molecule has 1 amide bonds. The Balaban J connectivity index is 2.37. The van der Waals surface area contributed by atoms with Gasteiger partial charge < -0.3 is 4.74 Å². The number of hydrogen-bond donors (Lipinski definition) is 2. The summed E-state index contributed by atoms with van der Waals surface area (Å²) in [5.41, 5.74) is 2.76. The number of carbonyl (C=O) groups is 1. The highest BCUT2D eigenvalue weighted by molar-refractivity contribution is 14.1. The van der Waals surface area contributed by atoms with Gasteiger partial charge in [-0.25, -0.2) is 5.84 Å². The average Bonchev–Trinajstić information content (AvgIpc) is 2.37. The van der Waals surface area contributed by atoms with E-state index < -0.39 is 0 Å². The number of pyridine rings is 1. The van der Waals surface area contributed by atoms with E-state index in [1.54, 1.807) is 6.20 Å². The second-order valence-electron chi connectivity index (χ2n) is 3.31. The zero-order valence-corrected chi connectivity index (χ0v) is 11.0. The Bertz CT molecular complexity index is 559. The van der Waals surface area contributed by atoms with E-state index in [2.05, 4.69) is 27.6 Å². The summed E-state index contributed by atoms with van der Waals surface area (Å²) in [6, 6.07) is 7.67. The number of halogens is 1. The number of nitrogens with zero attached hydrogens (tertiary/aromatic N) is 1. The molecule has 0 saturated heterocycles. The van der Waals surface area contributed by atoms with Gasteiger partial charge in [0, 0.05) is 11.6 Å². The van der Waals surface area contributed by atoms with Gasteiger partial charge in [-0.05, 0) is 34.7 Å². The summed E-state index contributed by atoms with van der Waals surface area (Å²) in [4.78, 5) is 15.3. The van der Waals surface area contributed by atoms with Gasteiger partial charge in [0.05, 0.1) is 3.57 Å². The summed E-state index contributed by atoms with van der Waals surface area (Å²) in [7, 11) is 0. The lowest BCUT2D eigenvalue weighted by atomic mass is 10.2. The van der Waals surface area contributed by atoms with E-state index in [4.69, 9.17) is 10.6 Å². The van der Waals surface area contributed by atoms with Crippen LogP contribution in [-0.2, 0) is 4.79 Å². The number of fused-ring (bicyclic) bond motifs is 1. The number of rotatable bonds is 3. The van der Waals surface area contributed by atoms with Crippen molar-refractivity contribution in [2.24, 2.45) is 5.84 Å². The molecule has 0 saturated carbocycles. The van der Waals surface area contributed by atoms with Crippen molar-refractivity contribution in [1.29, 1.82) is 0 Å². The largest absolute Gasteiger partial charge is 0.480 e. The van der Waals surface area contributed by atoms with Crippen LogP contribution in [0, 0.1) is 3.57 Å². The molecule has 17 heavy (non-hydrogen) atoms. The predicted octanol–water partition coefficient (Wildman–Crippen LogP) is 1.21. The second kappa shape index (κ2) is 5.28. The van der Waals surface area contributed by atoms with Gasteiger partial charge in [-0.2, -0.15) is 0 Å². The molecule has 1 heterocycles. The molecular weight excluding hydrogens is 333 g/mol. The number of ether oxygens (including phenoxy) is 1. The van der Waals surface area contributed by atoms with Crippen molar-refractivity contribution in [1.82, 2.24) is 10.4 Å². The minimum atomic E-state index is -0.381. The first kappa shape index (κ1) is 12.1. The molecule has 0 spiro atoms. The van der Waals surface area contributed by atoms with E-state index in [1.807, 2.05) is 29.7 Å². The molecule has 88 valence electrons. The van der Waals surface area contributed by atoms with Crippen LogP contribution in [0.4, 0.5) is 0 Å². The highest BCUT2D eigenvalue weighted by atomic mass is 127. The van der Waals surface area contributed by atoms with Gasteiger partial charge in [-0.15, -0.1) is 0 Å². The molecule has 0 radical (unpaired) electrons. The summed E-state index contributed by atoms with van der Waals surface area (Å²) >= 11 is 2.14. The zero-order valence-electron chi connectivity index (χ0n) is 8.81. The standard InChI is InChI=1S/C11H10IN3O2/c12-8-4-3-7-2-1-5-14-10(7)11(8)17-6-9(16)15-13/h1-5H,6,13H2,(H,15,16). The first-order valence-corrected chi connectivity index (χ1v) is 5.95. The van der Waals surface area contributed by atoms with Crippen LogP contribution in [0.3, 0.4) is 0 Å². The summed E-state index contributed by atoms with van der Waals surface area (Å²) in [6.07, 6.45) is 1.69. The molecule has 0 bridgehead atoms. The van der Waals surface area contributed by atoms with Gasteiger partial charge in [0.15, 0.2) is 12.4 Å². The molecule has 0 aliphatic carbocycles. The highest BCUT2D eigenvalue weighted by Crippen LogP contribution is 2.29. The Morgan fingerprint density at radius 1 is 1.47 bits per heavy atom. The Labute approximate surface area is 111 Å². The van der Waals surface area contributed by atoms with Gasteiger partial charge >= 0.3 is 0 Å². The van der Waals surface area contributed by atoms with Crippen molar-refractivity contribution in [2.75, 3.05) is 6.61 Å². The molecule has 2 aromatic rings. The summed E-state index contributed by atoms with van der Waals surface area (Å²) < 4.78 is 6.34. The molecule has 3 N–H and O–H groups in total.